The summed E-state index contributed by atoms with van der Waals surface area (Å²) in [4.78, 5) is 8.54. The van der Waals surface area contributed by atoms with E-state index in [0.717, 1.165) is 22.2 Å². The highest BCUT2D eigenvalue weighted by molar-refractivity contribution is 5.89. The van der Waals surface area contributed by atoms with Crippen molar-refractivity contribution in [1.82, 2.24) is 9.97 Å². The number of aromatic nitrogens is 2. The Kier molecular flexibility index (Phi) is 3.58. The molecule has 1 atom stereocenters. The SMILES string of the molecule is Cc1ccc2ncnc(NCC(C)(O)c3ccc(C)o3)c2c1. The van der Waals surface area contributed by atoms with Crippen LogP contribution in [-0.4, -0.2) is 21.6 Å². The van der Waals surface area contributed by atoms with Gasteiger partial charge in [-0.25, -0.2) is 9.97 Å². The van der Waals surface area contributed by atoms with Crippen LogP contribution < -0.4 is 5.32 Å². The molecule has 0 aliphatic heterocycles. The van der Waals surface area contributed by atoms with Crippen LogP contribution in [0, 0.1) is 13.8 Å². The van der Waals surface area contributed by atoms with Crippen molar-refractivity contribution < 1.29 is 9.52 Å². The van der Waals surface area contributed by atoms with E-state index in [1.165, 1.54) is 6.33 Å². The first kappa shape index (κ1) is 14.5. The van der Waals surface area contributed by atoms with Gasteiger partial charge in [-0.3, -0.25) is 0 Å². The minimum atomic E-state index is -1.12. The third-order valence-electron chi connectivity index (χ3n) is 3.66. The summed E-state index contributed by atoms with van der Waals surface area (Å²) in [5.74, 6) is 2.02. The number of nitrogens with one attached hydrogen (secondary N) is 1. The summed E-state index contributed by atoms with van der Waals surface area (Å²) >= 11 is 0. The molecule has 0 fully saturated rings. The molecule has 0 amide bonds. The molecule has 0 aliphatic rings. The highest BCUT2D eigenvalue weighted by Gasteiger charge is 2.27. The van der Waals surface area contributed by atoms with Gasteiger partial charge < -0.3 is 14.8 Å². The molecule has 2 N–H and O–H groups in total. The first-order valence-electron chi connectivity index (χ1n) is 7.20. The smallest absolute Gasteiger partial charge is 0.137 e. The molecule has 1 unspecified atom stereocenters. The number of fused-ring (bicyclic) bond motifs is 1. The van der Waals surface area contributed by atoms with Crippen molar-refractivity contribution in [2.45, 2.75) is 26.4 Å². The third kappa shape index (κ3) is 2.80. The van der Waals surface area contributed by atoms with E-state index in [-0.39, 0.29) is 0 Å². The topological polar surface area (TPSA) is 71.2 Å². The zero-order valence-electron chi connectivity index (χ0n) is 12.9. The first-order chi connectivity index (χ1) is 10.5. The molecule has 0 saturated heterocycles. The van der Waals surface area contributed by atoms with Crippen LogP contribution in [0.15, 0.2) is 41.1 Å². The van der Waals surface area contributed by atoms with E-state index < -0.39 is 5.60 Å². The van der Waals surface area contributed by atoms with Crippen molar-refractivity contribution >= 4 is 16.7 Å². The lowest BCUT2D eigenvalue weighted by molar-refractivity contribution is 0.0467. The molecule has 2 aromatic heterocycles. The molecule has 114 valence electrons. The molecular weight excluding hydrogens is 278 g/mol. The molecule has 5 heteroatoms. The van der Waals surface area contributed by atoms with Crippen molar-refractivity contribution in [3.63, 3.8) is 0 Å². The molecule has 0 aliphatic carbocycles. The van der Waals surface area contributed by atoms with Gasteiger partial charge >= 0.3 is 0 Å². The predicted molar refractivity (Wildman–Crippen MR) is 85.8 cm³/mol. The van der Waals surface area contributed by atoms with Gasteiger partial charge in [-0.1, -0.05) is 11.6 Å². The fourth-order valence-corrected chi connectivity index (χ4v) is 2.38. The molecule has 0 bridgehead atoms. The van der Waals surface area contributed by atoms with Gasteiger partial charge in [0.2, 0.25) is 0 Å². The Morgan fingerprint density at radius 1 is 1.18 bits per heavy atom. The van der Waals surface area contributed by atoms with Crippen molar-refractivity contribution in [3.8, 4) is 0 Å². The minimum Gasteiger partial charge on any atom is -0.463 e. The Hall–Kier alpha value is -2.40. The molecule has 3 aromatic rings. The molecule has 0 spiro atoms. The highest BCUT2D eigenvalue weighted by atomic mass is 16.4. The Morgan fingerprint density at radius 3 is 2.73 bits per heavy atom. The molecule has 0 saturated carbocycles. The van der Waals surface area contributed by atoms with Crippen molar-refractivity contribution in [3.05, 3.63) is 53.7 Å². The van der Waals surface area contributed by atoms with Crippen LogP contribution in [0.5, 0.6) is 0 Å². The zero-order valence-corrected chi connectivity index (χ0v) is 12.9. The van der Waals surface area contributed by atoms with Gasteiger partial charge in [-0.05, 0) is 45.0 Å². The molecule has 1 aromatic carbocycles. The largest absolute Gasteiger partial charge is 0.463 e. The Morgan fingerprint density at radius 2 is 2.00 bits per heavy atom. The summed E-state index contributed by atoms with van der Waals surface area (Å²) in [5, 5.41) is 14.7. The fourth-order valence-electron chi connectivity index (χ4n) is 2.38. The molecular formula is C17H19N3O2. The van der Waals surface area contributed by atoms with Crippen LogP contribution >= 0.6 is 0 Å². The summed E-state index contributed by atoms with van der Waals surface area (Å²) in [6.07, 6.45) is 1.52. The average Bonchev–Trinajstić information content (AvgIpc) is 2.92. The Labute approximate surface area is 129 Å². The maximum atomic E-state index is 10.6. The quantitative estimate of drug-likeness (QED) is 0.774. The van der Waals surface area contributed by atoms with E-state index in [2.05, 4.69) is 15.3 Å². The molecule has 22 heavy (non-hydrogen) atoms. The minimum absolute atomic E-state index is 0.292. The second-order valence-electron chi connectivity index (χ2n) is 5.78. The van der Waals surface area contributed by atoms with Crippen LogP contribution in [-0.2, 0) is 5.60 Å². The number of aliphatic hydroxyl groups is 1. The van der Waals surface area contributed by atoms with E-state index in [4.69, 9.17) is 4.42 Å². The van der Waals surface area contributed by atoms with Crippen LogP contribution in [0.25, 0.3) is 10.9 Å². The summed E-state index contributed by atoms with van der Waals surface area (Å²) < 4.78 is 5.52. The maximum Gasteiger partial charge on any atom is 0.137 e. The number of aryl methyl sites for hydroxylation is 2. The monoisotopic (exact) mass is 297 g/mol. The highest BCUT2D eigenvalue weighted by Crippen LogP contribution is 2.25. The Bertz CT molecular complexity index is 809. The third-order valence-corrected chi connectivity index (χ3v) is 3.66. The van der Waals surface area contributed by atoms with E-state index in [1.807, 2.05) is 38.1 Å². The Balaban J connectivity index is 1.86. The lowest BCUT2D eigenvalue weighted by Crippen LogP contribution is -2.30. The molecule has 2 heterocycles. The maximum absolute atomic E-state index is 10.6. The number of rotatable bonds is 4. The fraction of sp³-hybridized carbons (Fsp3) is 0.294. The first-order valence-corrected chi connectivity index (χ1v) is 7.20. The van der Waals surface area contributed by atoms with Crippen molar-refractivity contribution in [2.24, 2.45) is 0 Å². The second-order valence-corrected chi connectivity index (χ2v) is 5.78. The number of hydrogen-bond acceptors (Lipinski definition) is 5. The zero-order chi connectivity index (χ0) is 15.7. The van der Waals surface area contributed by atoms with Gasteiger partial charge in [0, 0.05) is 5.39 Å². The normalized spacial score (nSPS) is 14.0. The number of hydrogen-bond donors (Lipinski definition) is 2. The van der Waals surface area contributed by atoms with Crippen LogP contribution in [0.1, 0.15) is 24.0 Å². The molecule has 5 nitrogen and oxygen atoms in total. The van der Waals surface area contributed by atoms with E-state index in [0.29, 0.717) is 18.1 Å². The number of benzene rings is 1. The lowest BCUT2D eigenvalue weighted by atomic mass is 10.0. The summed E-state index contributed by atoms with van der Waals surface area (Å²) in [5.41, 5.74) is 0.894. The second kappa shape index (κ2) is 5.42. The van der Waals surface area contributed by atoms with Gasteiger partial charge in [-0.15, -0.1) is 0 Å². The van der Waals surface area contributed by atoms with E-state index >= 15 is 0 Å². The summed E-state index contributed by atoms with van der Waals surface area (Å²) in [7, 11) is 0. The van der Waals surface area contributed by atoms with Gasteiger partial charge in [0.1, 0.15) is 29.3 Å². The van der Waals surface area contributed by atoms with Crippen LogP contribution in [0.2, 0.25) is 0 Å². The average molecular weight is 297 g/mol. The van der Waals surface area contributed by atoms with E-state index in [9.17, 15) is 5.11 Å². The van der Waals surface area contributed by atoms with E-state index in [1.54, 1.807) is 13.0 Å². The van der Waals surface area contributed by atoms with Gasteiger partial charge in [0.05, 0.1) is 12.1 Å². The standard InChI is InChI=1S/C17H19N3O2/c1-11-4-6-14-13(8-11)16(20-10-19-14)18-9-17(3,21)15-7-5-12(2)22-15/h4-8,10,21H,9H2,1-3H3,(H,18,19,20). The molecule has 3 rings (SSSR count). The van der Waals surface area contributed by atoms with Crippen molar-refractivity contribution in [2.75, 3.05) is 11.9 Å². The van der Waals surface area contributed by atoms with Crippen LogP contribution in [0.3, 0.4) is 0 Å². The lowest BCUT2D eigenvalue weighted by Gasteiger charge is -2.22. The number of nitrogens with zero attached hydrogens (tertiary/aromatic N) is 2. The van der Waals surface area contributed by atoms with Gasteiger partial charge in [-0.2, -0.15) is 0 Å². The summed E-state index contributed by atoms with van der Waals surface area (Å²) in [6, 6.07) is 9.64. The van der Waals surface area contributed by atoms with Crippen LogP contribution in [0.4, 0.5) is 5.82 Å². The number of anilines is 1. The van der Waals surface area contributed by atoms with Gasteiger partial charge in [0.15, 0.2) is 0 Å². The molecule has 0 radical (unpaired) electrons. The number of furan rings is 1. The predicted octanol–water partition coefficient (Wildman–Crippen LogP) is 3.16. The van der Waals surface area contributed by atoms with Gasteiger partial charge in [0.25, 0.3) is 0 Å². The van der Waals surface area contributed by atoms with Crippen molar-refractivity contribution in [1.29, 1.82) is 0 Å². The summed E-state index contributed by atoms with van der Waals surface area (Å²) in [6.45, 7) is 5.89.